The SMILES string of the molecule is COc1ccc(OC)c([C@H]2[C@H](C(C)=O)N3c4ccc(F)cc4C=C[C@@H]3C23C(=O)c2ccccc2C3=O)c1. The zero-order chi connectivity index (χ0) is 26.1. The Kier molecular flexibility index (Phi) is 5.09. The van der Waals surface area contributed by atoms with E-state index in [2.05, 4.69) is 0 Å². The van der Waals surface area contributed by atoms with Crippen LogP contribution in [0, 0.1) is 11.2 Å². The molecule has 2 heterocycles. The minimum atomic E-state index is -1.64. The van der Waals surface area contributed by atoms with Gasteiger partial charge in [0.15, 0.2) is 17.3 Å². The Hall–Kier alpha value is -4.26. The number of carbonyl (C=O) groups excluding carboxylic acids is 3. The Bertz CT molecular complexity index is 1490. The molecule has 6 rings (SSSR count). The molecule has 0 radical (unpaired) electrons. The van der Waals surface area contributed by atoms with Gasteiger partial charge in [0.1, 0.15) is 22.7 Å². The lowest BCUT2D eigenvalue weighted by Gasteiger charge is -2.37. The summed E-state index contributed by atoms with van der Waals surface area (Å²) in [6.45, 7) is 1.46. The Morgan fingerprint density at radius 3 is 2.27 bits per heavy atom. The molecular weight excluding hydrogens is 473 g/mol. The average Bonchev–Trinajstić information content (AvgIpc) is 3.34. The number of fused-ring (bicyclic) bond motifs is 5. The van der Waals surface area contributed by atoms with Gasteiger partial charge in [0.25, 0.3) is 0 Å². The number of hydrogen-bond acceptors (Lipinski definition) is 6. The van der Waals surface area contributed by atoms with Gasteiger partial charge in [-0.05, 0) is 43.3 Å². The molecule has 0 bridgehead atoms. The van der Waals surface area contributed by atoms with E-state index in [9.17, 15) is 18.8 Å². The van der Waals surface area contributed by atoms with Crippen molar-refractivity contribution in [2.24, 2.45) is 5.41 Å². The highest BCUT2D eigenvalue weighted by molar-refractivity contribution is 6.32. The van der Waals surface area contributed by atoms with Crippen LogP contribution in [0.5, 0.6) is 11.5 Å². The van der Waals surface area contributed by atoms with Crippen molar-refractivity contribution in [3.8, 4) is 11.5 Å². The summed E-state index contributed by atoms with van der Waals surface area (Å²) in [4.78, 5) is 44.2. The molecule has 3 aromatic rings. The minimum Gasteiger partial charge on any atom is -0.497 e. The van der Waals surface area contributed by atoms with Gasteiger partial charge in [-0.1, -0.05) is 36.4 Å². The number of halogens is 1. The van der Waals surface area contributed by atoms with Crippen molar-refractivity contribution in [2.45, 2.75) is 24.9 Å². The standard InChI is InChI=1S/C30H24FNO5/c1-16(33)27-26(22-15-19(36-2)10-12-24(22)37-3)30(28(34)20-6-4-5-7-21(20)29(30)35)25-13-8-17-14-18(31)9-11-23(17)32(25)27/h4-15,25-27H,1-3H3/t25-,26+,27+/m1/s1. The van der Waals surface area contributed by atoms with Crippen molar-refractivity contribution in [2.75, 3.05) is 19.1 Å². The number of benzene rings is 3. The van der Waals surface area contributed by atoms with Crippen molar-refractivity contribution >= 4 is 29.1 Å². The first-order chi connectivity index (χ1) is 17.8. The molecule has 1 spiro atoms. The molecule has 7 heteroatoms. The van der Waals surface area contributed by atoms with Crippen LogP contribution in [0.1, 0.15) is 44.7 Å². The summed E-state index contributed by atoms with van der Waals surface area (Å²) in [6.07, 6.45) is 3.49. The van der Waals surface area contributed by atoms with Crippen LogP contribution in [0.4, 0.5) is 10.1 Å². The third-order valence-electron chi connectivity index (χ3n) is 7.95. The lowest BCUT2D eigenvalue weighted by atomic mass is 9.64. The molecular formula is C30H24FNO5. The molecule has 37 heavy (non-hydrogen) atoms. The van der Waals surface area contributed by atoms with Crippen molar-refractivity contribution < 1.29 is 28.2 Å². The lowest BCUT2D eigenvalue weighted by Crippen LogP contribution is -2.48. The zero-order valence-corrected chi connectivity index (χ0v) is 20.5. The molecule has 0 amide bonds. The van der Waals surface area contributed by atoms with Gasteiger partial charge < -0.3 is 14.4 Å². The van der Waals surface area contributed by atoms with Crippen LogP contribution in [0.2, 0.25) is 0 Å². The van der Waals surface area contributed by atoms with Gasteiger partial charge >= 0.3 is 0 Å². The van der Waals surface area contributed by atoms with Crippen molar-refractivity contribution in [1.82, 2.24) is 0 Å². The molecule has 3 atom stereocenters. The fraction of sp³-hybridized carbons (Fsp3) is 0.233. The Balaban J connectivity index is 1.71. The first-order valence-corrected chi connectivity index (χ1v) is 12.0. The first-order valence-electron chi connectivity index (χ1n) is 12.0. The zero-order valence-electron chi connectivity index (χ0n) is 20.5. The van der Waals surface area contributed by atoms with Crippen LogP contribution in [-0.2, 0) is 4.79 Å². The highest BCUT2D eigenvalue weighted by Gasteiger charge is 2.71. The number of nitrogens with zero attached hydrogens (tertiary/aromatic N) is 1. The predicted molar refractivity (Wildman–Crippen MR) is 136 cm³/mol. The maximum atomic E-state index is 14.4. The molecule has 186 valence electrons. The molecule has 3 aliphatic rings. The van der Waals surface area contributed by atoms with E-state index in [1.807, 2.05) is 4.90 Å². The topological polar surface area (TPSA) is 72.9 Å². The van der Waals surface area contributed by atoms with Crippen LogP contribution < -0.4 is 14.4 Å². The van der Waals surface area contributed by atoms with Crippen molar-refractivity contribution in [3.05, 3.63) is 94.8 Å². The van der Waals surface area contributed by atoms with Gasteiger partial charge in [0, 0.05) is 33.9 Å². The third-order valence-corrected chi connectivity index (χ3v) is 7.95. The van der Waals surface area contributed by atoms with Gasteiger partial charge in [-0.3, -0.25) is 14.4 Å². The predicted octanol–water partition coefficient (Wildman–Crippen LogP) is 4.87. The van der Waals surface area contributed by atoms with Crippen LogP contribution in [0.25, 0.3) is 6.08 Å². The smallest absolute Gasteiger partial charge is 0.180 e. The number of hydrogen-bond donors (Lipinski definition) is 0. The van der Waals surface area contributed by atoms with E-state index < -0.39 is 29.2 Å². The summed E-state index contributed by atoms with van der Waals surface area (Å²) in [5, 5.41) is 0. The number of ether oxygens (including phenoxy) is 2. The van der Waals surface area contributed by atoms with Gasteiger partial charge in [0.2, 0.25) is 0 Å². The van der Waals surface area contributed by atoms with E-state index >= 15 is 0 Å². The van der Waals surface area contributed by atoms with E-state index in [4.69, 9.17) is 9.47 Å². The van der Waals surface area contributed by atoms with Crippen LogP contribution in [0.3, 0.4) is 0 Å². The highest BCUT2D eigenvalue weighted by atomic mass is 19.1. The quantitative estimate of drug-likeness (QED) is 0.479. The third kappa shape index (κ3) is 2.94. The maximum absolute atomic E-state index is 14.4. The summed E-state index contributed by atoms with van der Waals surface area (Å²) in [5.74, 6) is -1.26. The fourth-order valence-electron chi connectivity index (χ4n) is 6.53. The van der Waals surface area contributed by atoms with E-state index in [0.717, 1.165) is 0 Å². The molecule has 0 unspecified atom stereocenters. The largest absolute Gasteiger partial charge is 0.497 e. The Morgan fingerprint density at radius 1 is 0.946 bits per heavy atom. The van der Waals surface area contributed by atoms with E-state index in [-0.39, 0.29) is 17.3 Å². The summed E-state index contributed by atoms with van der Waals surface area (Å²) in [6, 6.07) is 14.6. The van der Waals surface area contributed by atoms with E-state index in [1.54, 1.807) is 60.7 Å². The second-order valence-electron chi connectivity index (χ2n) is 9.63. The number of methoxy groups -OCH3 is 2. The molecule has 1 fully saturated rings. The number of Topliss-reactive ketones (excluding diaryl/α,β-unsaturated/α-hetero) is 3. The summed E-state index contributed by atoms with van der Waals surface area (Å²) >= 11 is 0. The molecule has 6 nitrogen and oxygen atoms in total. The van der Waals surface area contributed by atoms with Crippen molar-refractivity contribution in [1.29, 1.82) is 0 Å². The van der Waals surface area contributed by atoms with Gasteiger partial charge in [-0.25, -0.2) is 4.39 Å². The second kappa shape index (κ2) is 8.13. The number of ketones is 3. The monoisotopic (exact) mass is 497 g/mol. The Morgan fingerprint density at radius 2 is 1.65 bits per heavy atom. The van der Waals surface area contributed by atoms with E-state index in [0.29, 0.717) is 39.4 Å². The van der Waals surface area contributed by atoms with Crippen LogP contribution in [-0.4, -0.2) is 43.7 Å². The fourth-order valence-corrected chi connectivity index (χ4v) is 6.53. The summed E-state index contributed by atoms with van der Waals surface area (Å²) < 4.78 is 25.3. The lowest BCUT2D eigenvalue weighted by molar-refractivity contribution is -0.118. The second-order valence-corrected chi connectivity index (χ2v) is 9.63. The van der Waals surface area contributed by atoms with E-state index in [1.165, 1.54) is 33.3 Å². The Labute approximate surface area is 213 Å². The molecule has 3 aromatic carbocycles. The van der Waals surface area contributed by atoms with Gasteiger partial charge in [-0.2, -0.15) is 0 Å². The average molecular weight is 498 g/mol. The summed E-state index contributed by atoms with van der Waals surface area (Å²) in [5.41, 5.74) is 0.731. The van der Waals surface area contributed by atoms with Gasteiger partial charge in [-0.15, -0.1) is 0 Å². The number of anilines is 1. The molecule has 2 aliphatic heterocycles. The highest BCUT2D eigenvalue weighted by Crippen LogP contribution is 2.61. The molecule has 0 N–H and O–H groups in total. The van der Waals surface area contributed by atoms with Crippen molar-refractivity contribution in [3.63, 3.8) is 0 Å². The normalized spacial score (nSPS) is 22.6. The van der Waals surface area contributed by atoms with Crippen LogP contribution in [0.15, 0.2) is 66.7 Å². The summed E-state index contributed by atoms with van der Waals surface area (Å²) in [7, 11) is 3.03. The van der Waals surface area contributed by atoms with Crippen LogP contribution >= 0.6 is 0 Å². The molecule has 1 aliphatic carbocycles. The number of rotatable bonds is 4. The first kappa shape index (κ1) is 23.2. The molecule has 0 saturated carbocycles. The number of carbonyl (C=O) groups is 3. The van der Waals surface area contributed by atoms with Gasteiger partial charge in [0.05, 0.1) is 26.3 Å². The molecule has 0 aromatic heterocycles. The molecule has 1 saturated heterocycles. The minimum absolute atomic E-state index is 0.223. The maximum Gasteiger partial charge on any atom is 0.180 e.